The third kappa shape index (κ3) is 4.07. The van der Waals surface area contributed by atoms with Crippen LogP contribution >= 0.6 is 0 Å². The van der Waals surface area contributed by atoms with E-state index in [9.17, 15) is 0 Å². The van der Waals surface area contributed by atoms with Crippen molar-refractivity contribution >= 4 is 0 Å². The number of pyridine rings is 1. The first-order valence-corrected chi connectivity index (χ1v) is 7.10. The molecule has 0 saturated heterocycles. The molecule has 3 nitrogen and oxygen atoms in total. The van der Waals surface area contributed by atoms with Crippen LogP contribution in [0.2, 0.25) is 0 Å². The van der Waals surface area contributed by atoms with Crippen LogP contribution in [0.1, 0.15) is 30.0 Å². The summed E-state index contributed by atoms with van der Waals surface area (Å²) in [6, 6.07) is 10.2. The van der Waals surface area contributed by atoms with Crippen molar-refractivity contribution in [3.8, 4) is 11.6 Å². The zero-order valence-electron chi connectivity index (χ0n) is 12.4. The number of nitrogens with zero attached hydrogens (tertiary/aromatic N) is 1. The monoisotopic (exact) mass is 270 g/mol. The van der Waals surface area contributed by atoms with Crippen LogP contribution in [-0.4, -0.2) is 11.5 Å². The predicted octanol–water partition coefficient (Wildman–Crippen LogP) is 3.99. The van der Waals surface area contributed by atoms with Gasteiger partial charge in [-0.05, 0) is 50.1 Å². The van der Waals surface area contributed by atoms with Crippen molar-refractivity contribution in [3.63, 3.8) is 0 Å². The van der Waals surface area contributed by atoms with Crippen molar-refractivity contribution in [2.24, 2.45) is 0 Å². The smallest absolute Gasteiger partial charge is 0.219 e. The molecular weight excluding hydrogens is 248 g/mol. The van der Waals surface area contributed by atoms with E-state index < -0.39 is 0 Å². The van der Waals surface area contributed by atoms with E-state index >= 15 is 0 Å². The molecule has 1 N–H and O–H groups in total. The molecule has 0 saturated carbocycles. The Kier molecular flexibility index (Phi) is 5.13. The minimum Gasteiger partial charge on any atom is -0.439 e. The molecule has 1 aromatic carbocycles. The van der Waals surface area contributed by atoms with E-state index in [0.29, 0.717) is 5.88 Å². The van der Waals surface area contributed by atoms with Crippen LogP contribution in [0.5, 0.6) is 11.6 Å². The summed E-state index contributed by atoms with van der Waals surface area (Å²) in [6.45, 7) is 8.16. The van der Waals surface area contributed by atoms with Crippen LogP contribution in [0.4, 0.5) is 0 Å². The first kappa shape index (κ1) is 14.5. The van der Waals surface area contributed by atoms with Crippen LogP contribution in [0.15, 0.2) is 36.5 Å². The highest BCUT2D eigenvalue weighted by Gasteiger charge is 2.03. The molecule has 0 amide bonds. The van der Waals surface area contributed by atoms with Gasteiger partial charge in [-0.2, -0.15) is 0 Å². The summed E-state index contributed by atoms with van der Waals surface area (Å²) in [7, 11) is 0. The molecule has 0 aliphatic carbocycles. The van der Waals surface area contributed by atoms with Gasteiger partial charge in [-0.1, -0.05) is 24.6 Å². The van der Waals surface area contributed by atoms with Crippen molar-refractivity contribution in [3.05, 3.63) is 53.2 Å². The van der Waals surface area contributed by atoms with Gasteiger partial charge in [0.1, 0.15) is 5.75 Å². The number of hydrogen-bond acceptors (Lipinski definition) is 3. The van der Waals surface area contributed by atoms with Gasteiger partial charge in [0.25, 0.3) is 0 Å². The van der Waals surface area contributed by atoms with Gasteiger partial charge in [-0.15, -0.1) is 0 Å². The standard InChI is InChI=1S/C17H22N2O/c1-4-8-18-12-15-7-9-19-17(11-15)20-16-6-5-13(2)10-14(16)3/h5-7,9-11,18H,4,8,12H2,1-3H3. The number of aromatic nitrogens is 1. The van der Waals surface area contributed by atoms with Crippen molar-refractivity contribution in [1.29, 1.82) is 0 Å². The number of ether oxygens (including phenoxy) is 1. The lowest BCUT2D eigenvalue weighted by molar-refractivity contribution is 0.458. The fourth-order valence-corrected chi connectivity index (χ4v) is 2.05. The maximum Gasteiger partial charge on any atom is 0.219 e. The van der Waals surface area contributed by atoms with E-state index in [4.69, 9.17) is 4.74 Å². The lowest BCUT2D eigenvalue weighted by Crippen LogP contribution is -2.13. The van der Waals surface area contributed by atoms with Gasteiger partial charge in [0.15, 0.2) is 0 Å². The molecule has 0 bridgehead atoms. The number of aryl methyl sites for hydroxylation is 2. The van der Waals surface area contributed by atoms with E-state index in [1.807, 2.05) is 18.2 Å². The van der Waals surface area contributed by atoms with Crippen LogP contribution in [0.25, 0.3) is 0 Å². The highest BCUT2D eigenvalue weighted by atomic mass is 16.5. The molecule has 2 aromatic rings. The van der Waals surface area contributed by atoms with Crippen LogP contribution in [0.3, 0.4) is 0 Å². The third-order valence-corrected chi connectivity index (χ3v) is 3.10. The average molecular weight is 270 g/mol. The van der Waals surface area contributed by atoms with Crippen molar-refractivity contribution in [1.82, 2.24) is 10.3 Å². The van der Waals surface area contributed by atoms with Crippen LogP contribution in [0, 0.1) is 13.8 Å². The lowest BCUT2D eigenvalue weighted by atomic mass is 10.1. The Bertz CT molecular complexity index is 567. The second kappa shape index (κ2) is 7.06. The molecule has 0 spiro atoms. The fourth-order valence-electron chi connectivity index (χ4n) is 2.05. The zero-order chi connectivity index (χ0) is 14.4. The first-order chi connectivity index (χ1) is 9.69. The normalized spacial score (nSPS) is 10.6. The van der Waals surface area contributed by atoms with E-state index in [1.54, 1.807) is 6.20 Å². The van der Waals surface area contributed by atoms with E-state index in [0.717, 1.165) is 30.8 Å². The van der Waals surface area contributed by atoms with Gasteiger partial charge in [-0.25, -0.2) is 4.98 Å². The van der Waals surface area contributed by atoms with Gasteiger partial charge in [0.2, 0.25) is 5.88 Å². The van der Waals surface area contributed by atoms with E-state index in [2.05, 4.69) is 43.2 Å². The van der Waals surface area contributed by atoms with Crippen LogP contribution < -0.4 is 10.1 Å². The van der Waals surface area contributed by atoms with Crippen LogP contribution in [-0.2, 0) is 6.54 Å². The molecule has 1 heterocycles. The van der Waals surface area contributed by atoms with Crippen molar-refractivity contribution < 1.29 is 4.74 Å². The Hall–Kier alpha value is -1.87. The number of nitrogens with one attached hydrogen (secondary N) is 1. The molecule has 0 fully saturated rings. The van der Waals surface area contributed by atoms with Crippen molar-refractivity contribution in [2.75, 3.05) is 6.54 Å². The molecule has 1 aromatic heterocycles. The average Bonchev–Trinajstić information content (AvgIpc) is 2.43. The third-order valence-electron chi connectivity index (χ3n) is 3.10. The molecule has 0 unspecified atom stereocenters. The second-order valence-corrected chi connectivity index (χ2v) is 5.05. The summed E-state index contributed by atoms with van der Waals surface area (Å²) in [5.74, 6) is 1.51. The molecule has 2 rings (SSSR count). The summed E-state index contributed by atoms with van der Waals surface area (Å²) in [4.78, 5) is 4.28. The van der Waals surface area contributed by atoms with Gasteiger partial charge in [-0.3, -0.25) is 0 Å². The molecule has 0 atom stereocenters. The molecule has 0 aliphatic rings. The second-order valence-electron chi connectivity index (χ2n) is 5.05. The molecule has 20 heavy (non-hydrogen) atoms. The SMILES string of the molecule is CCCNCc1ccnc(Oc2ccc(C)cc2C)c1. The van der Waals surface area contributed by atoms with E-state index in [1.165, 1.54) is 11.1 Å². The van der Waals surface area contributed by atoms with E-state index in [-0.39, 0.29) is 0 Å². The summed E-state index contributed by atoms with van der Waals surface area (Å²) >= 11 is 0. The maximum absolute atomic E-state index is 5.87. The molecule has 3 heteroatoms. The molecule has 0 aliphatic heterocycles. The van der Waals surface area contributed by atoms with Gasteiger partial charge in [0, 0.05) is 18.8 Å². The Balaban J connectivity index is 2.07. The summed E-state index contributed by atoms with van der Waals surface area (Å²) in [6.07, 6.45) is 2.93. The molecule has 0 radical (unpaired) electrons. The Morgan fingerprint density at radius 1 is 1.15 bits per heavy atom. The number of rotatable bonds is 6. The maximum atomic E-state index is 5.87. The highest BCUT2D eigenvalue weighted by molar-refractivity contribution is 5.38. The quantitative estimate of drug-likeness (QED) is 0.806. The minimum absolute atomic E-state index is 0.646. The number of benzene rings is 1. The summed E-state index contributed by atoms with van der Waals surface area (Å²) in [5.41, 5.74) is 3.55. The fraction of sp³-hybridized carbons (Fsp3) is 0.353. The zero-order valence-corrected chi connectivity index (χ0v) is 12.4. The summed E-state index contributed by atoms with van der Waals surface area (Å²) < 4.78 is 5.87. The molecular formula is C17H22N2O. The van der Waals surface area contributed by atoms with Gasteiger partial charge >= 0.3 is 0 Å². The minimum atomic E-state index is 0.646. The predicted molar refractivity (Wildman–Crippen MR) is 82.2 cm³/mol. The molecule has 106 valence electrons. The Labute approximate surface area is 121 Å². The topological polar surface area (TPSA) is 34.2 Å². The Morgan fingerprint density at radius 3 is 2.75 bits per heavy atom. The highest BCUT2D eigenvalue weighted by Crippen LogP contribution is 2.24. The largest absolute Gasteiger partial charge is 0.439 e. The van der Waals surface area contributed by atoms with Gasteiger partial charge in [0.05, 0.1) is 0 Å². The first-order valence-electron chi connectivity index (χ1n) is 7.10. The summed E-state index contributed by atoms with van der Waals surface area (Å²) in [5, 5.41) is 3.38. The number of hydrogen-bond donors (Lipinski definition) is 1. The Morgan fingerprint density at radius 2 is 2.00 bits per heavy atom. The van der Waals surface area contributed by atoms with Crippen molar-refractivity contribution in [2.45, 2.75) is 33.7 Å². The van der Waals surface area contributed by atoms with Gasteiger partial charge < -0.3 is 10.1 Å². The lowest BCUT2D eigenvalue weighted by Gasteiger charge is -2.10.